The molecule has 0 aliphatic carbocycles. The second kappa shape index (κ2) is 40.8. The van der Waals surface area contributed by atoms with Gasteiger partial charge in [0.05, 0.1) is 12.1 Å². The van der Waals surface area contributed by atoms with Crippen molar-refractivity contribution in [3.63, 3.8) is 0 Å². The van der Waals surface area contributed by atoms with E-state index in [1.807, 2.05) is 48.5 Å². The van der Waals surface area contributed by atoms with Crippen molar-refractivity contribution in [2.75, 3.05) is 49.3 Å². The molecule has 1 aliphatic heterocycles. The molecule has 0 aromatic heterocycles. The summed E-state index contributed by atoms with van der Waals surface area (Å²) in [6, 6.07) is -14.0. The number of unbranched alkanes of at least 4 members (excludes halogenated alkanes) is 1. The van der Waals surface area contributed by atoms with E-state index in [1.165, 1.54) is 82.8 Å². The van der Waals surface area contributed by atoms with E-state index in [2.05, 4.69) is 28.2 Å². The van der Waals surface area contributed by atoms with E-state index >= 15 is 9.59 Å². The van der Waals surface area contributed by atoms with Crippen molar-refractivity contribution in [1.82, 2.24) is 55.6 Å². The van der Waals surface area contributed by atoms with Crippen LogP contribution in [0.15, 0.2) is 0 Å². The molecule has 89 heavy (non-hydrogen) atoms. The first-order valence-corrected chi connectivity index (χ1v) is 31.0. The van der Waals surface area contributed by atoms with Gasteiger partial charge >= 0.3 is 21.1 Å². The number of likely N-dealkylation sites (N-methyl/N-ethyl adjacent to an activating group) is 7. The van der Waals surface area contributed by atoms with Crippen LogP contribution in [0.5, 0.6) is 0 Å². The summed E-state index contributed by atoms with van der Waals surface area (Å²) in [5.74, 6) is -9.03. The molecule has 0 unspecified atom stereocenters. The van der Waals surface area contributed by atoms with Crippen LogP contribution in [0.4, 0.5) is 0 Å². The Morgan fingerprint density at radius 3 is 1.34 bits per heavy atom. The zero-order chi connectivity index (χ0) is 66.8. The first kappa shape index (κ1) is 89.1. The molecule has 0 aromatic rings. The molecule has 1 saturated heterocycles. The number of hydrogen-bond acceptors (Lipinski definition) is 12. The number of rotatable bonds is 16. The molecular weight excluding hydrogens is 1390 g/mol. The van der Waals surface area contributed by atoms with Gasteiger partial charge in [0, 0.05) is 82.0 Å². The zero-order valence-corrected chi connectivity index (χ0v) is 64.6. The van der Waals surface area contributed by atoms with E-state index in [9.17, 15) is 48.3 Å². The Balaban J connectivity index is -0.0000247. The molecule has 1 rings (SSSR count). The number of carbonyl (C=O) groups excluding carboxylic acids is 11. The smallest absolute Gasteiger partial charge is 0.390 e. The van der Waals surface area contributed by atoms with Crippen molar-refractivity contribution >= 4 is 65.0 Å². The minimum absolute atomic E-state index is 0. The maximum Gasteiger partial charge on any atom is 2.00 e. The minimum Gasteiger partial charge on any atom is -0.390 e. The van der Waals surface area contributed by atoms with Crippen molar-refractivity contribution in [1.29, 1.82) is 0 Å². The fourth-order valence-electron chi connectivity index (χ4n) is 10.9. The van der Waals surface area contributed by atoms with Gasteiger partial charge in [0.1, 0.15) is 54.4 Å². The number of aliphatic hydroxyl groups excluding tert-OH is 1. The Morgan fingerprint density at radius 2 is 0.899 bits per heavy atom. The van der Waals surface area contributed by atoms with Gasteiger partial charge in [-0.05, 0) is 87.5 Å². The van der Waals surface area contributed by atoms with E-state index in [1.54, 1.807) is 55.4 Å². The van der Waals surface area contributed by atoms with Gasteiger partial charge in [0.15, 0.2) is 0 Å². The largest absolute Gasteiger partial charge is 2.00 e. The predicted molar refractivity (Wildman–Crippen MR) is 339 cm³/mol. The first-order valence-electron chi connectivity index (χ1n) is 31.0. The van der Waals surface area contributed by atoms with Crippen molar-refractivity contribution < 1.29 is 112 Å². The maximum atomic E-state index is 15.2. The Kier molecular flexibility index (Phi) is 40.9. The van der Waals surface area contributed by atoms with Crippen LogP contribution in [0.1, 0.15) is 169 Å². The van der Waals surface area contributed by atoms with Gasteiger partial charge < -0.3 is 80.9 Å². The number of nitrogens with zero attached hydrogens (tertiary/aromatic N) is 7. The molecule has 0 saturated carbocycles. The van der Waals surface area contributed by atoms with Crippen LogP contribution in [0.3, 0.4) is 0 Å². The summed E-state index contributed by atoms with van der Waals surface area (Å²) in [6.45, 7) is 33.9. The Labute approximate surface area is 575 Å². The maximum absolute atomic E-state index is 15.2. The van der Waals surface area contributed by atoms with Crippen LogP contribution in [0, 0.1) is 55.8 Å². The van der Waals surface area contributed by atoms with E-state index in [0.717, 1.165) is 27.0 Å². The quantitative estimate of drug-likeness (QED) is 0.137. The monoisotopic (exact) mass is 1500 g/mol. The van der Waals surface area contributed by atoms with Gasteiger partial charge in [0.25, 0.3) is 0 Å². The fraction of sp³-hybridized carbons (Fsp3) is 0.781. The second-order valence-electron chi connectivity index (χ2n) is 26.4. The first-order chi connectivity index (χ1) is 39.6. The summed E-state index contributed by atoms with van der Waals surface area (Å²) in [7, 11) is 9.84. The average Bonchev–Trinajstić information content (AvgIpc) is 1.32. The SMILES string of the molecule is [CH2-][C@@H]1C(=O)N(C)[C@@H](C[C-](C)C)C(=O)N[C@@H](C(C)C)C(=O)N(C)[C@@H](CC(C)C)C(=O)N[C@@H](C)C(=O)N[C@H](C)C(=O)N(C)[C@@H](CC(C)C)C(=O)N(C)[C@@H](CC(C)C)C(=O)N(C)[C@@H](C(C)C)C(=O)N(C)[C@@H]([C@H](O)[C@H](C)CCCC)C(=O)N[C@@H](CC)C(=O)N1C.[CH3-].[W+2].[Y]. The molecule has 0 aromatic carbocycles. The van der Waals surface area contributed by atoms with Crippen molar-refractivity contribution in [3.8, 4) is 0 Å². The van der Waals surface area contributed by atoms with Gasteiger partial charge in [-0.3, -0.25) is 52.7 Å². The van der Waals surface area contributed by atoms with Crippen molar-refractivity contribution in [3.05, 3.63) is 20.3 Å². The predicted octanol–water partition coefficient (Wildman–Crippen LogP) is 4.10. The van der Waals surface area contributed by atoms with E-state index in [4.69, 9.17) is 0 Å². The molecule has 1 radical (unpaired) electrons. The van der Waals surface area contributed by atoms with Gasteiger partial charge in [-0.25, -0.2) is 0 Å². The molecule has 1 aliphatic rings. The molecule has 23 nitrogen and oxygen atoms in total. The molecule has 11 amide bonds. The standard InChI is InChI=1S/C63H113N11O12.CH3.W.Y/c1-26-28-29-40(15)52(75)51-56(79)66-44(27-2)59(82)68(19)43(18)58(81)69(20)46(31-35(5)6)55(78)67-49(38(11)12)62(85)70(21)45(30-34(3)4)54(77)64-41(16)53(76)65-42(17)57(80)71(22)47(32-36(7)8)60(83)72(23)48(33-37(9)10)61(84)73(24)50(39(13)14)63(86)74(51)25;;;/h34,36-52,75H,18,26-33H2,1-17,19-25H3,(H,64,77)(H,65,76)(H,66,79)(H,67,78);1H3;;/q-2;-1;+2;/t40-,41+,42-,43-,44+,45+,46+,47+,48+,49+,50+,51+,52-;;;/m1.../s1. The van der Waals surface area contributed by atoms with Crippen LogP contribution in [0.25, 0.3) is 0 Å². The topological polar surface area (TPSA) is 279 Å². The molecular formula is C64H116N11O12WY-. The Morgan fingerprint density at radius 1 is 0.483 bits per heavy atom. The Hall–Kier alpha value is -4.08. The number of amides is 11. The molecule has 509 valence electrons. The van der Waals surface area contributed by atoms with E-state index in [-0.39, 0.29) is 111 Å². The number of carbonyl (C=O) groups is 11. The average molecular weight is 1500 g/mol. The Bertz CT molecular complexity index is 2330. The van der Waals surface area contributed by atoms with Crippen LogP contribution in [-0.2, 0) is 107 Å². The molecule has 1 fully saturated rings. The summed E-state index contributed by atoms with van der Waals surface area (Å²) < 4.78 is 0. The van der Waals surface area contributed by atoms with Gasteiger partial charge in [-0.2, -0.15) is 13.8 Å². The molecule has 25 heteroatoms. The van der Waals surface area contributed by atoms with Crippen LogP contribution < -0.4 is 21.3 Å². The normalized spacial score (nSPS) is 26.6. The number of nitrogens with one attached hydrogen (secondary N) is 4. The number of hydrogen-bond donors (Lipinski definition) is 5. The second-order valence-corrected chi connectivity index (χ2v) is 26.4. The van der Waals surface area contributed by atoms with Crippen LogP contribution >= 0.6 is 0 Å². The summed E-state index contributed by atoms with van der Waals surface area (Å²) in [4.78, 5) is 169. The van der Waals surface area contributed by atoms with Gasteiger partial charge in [0.2, 0.25) is 65.0 Å². The summed E-state index contributed by atoms with van der Waals surface area (Å²) >= 11 is 0. The van der Waals surface area contributed by atoms with Crippen LogP contribution in [-0.4, -0.2) is 226 Å². The summed E-state index contributed by atoms with van der Waals surface area (Å²) in [5.41, 5.74) is 0. The third-order valence-corrected chi connectivity index (χ3v) is 16.6. The van der Waals surface area contributed by atoms with Crippen molar-refractivity contribution in [2.24, 2.45) is 35.5 Å². The van der Waals surface area contributed by atoms with Crippen molar-refractivity contribution in [2.45, 2.75) is 242 Å². The molecule has 0 bridgehead atoms. The van der Waals surface area contributed by atoms with E-state index < -0.39 is 155 Å². The molecule has 0 spiro atoms. The molecule has 13 atom stereocenters. The third-order valence-electron chi connectivity index (χ3n) is 16.6. The van der Waals surface area contributed by atoms with Crippen LogP contribution in [0.2, 0.25) is 0 Å². The molecule has 1 heterocycles. The van der Waals surface area contributed by atoms with Gasteiger partial charge in [-0.1, -0.05) is 103 Å². The summed E-state index contributed by atoms with van der Waals surface area (Å²) in [5, 5.41) is 23.1. The number of aliphatic hydroxyl groups is 1. The minimum atomic E-state index is -1.60. The van der Waals surface area contributed by atoms with Gasteiger partial charge in [-0.15, -0.1) is 6.42 Å². The van der Waals surface area contributed by atoms with E-state index in [0.29, 0.717) is 12.8 Å². The third kappa shape index (κ3) is 25.1. The fourth-order valence-corrected chi connectivity index (χ4v) is 10.9. The zero-order valence-electron chi connectivity index (χ0n) is 58.8. The summed E-state index contributed by atoms with van der Waals surface area (Å²) in [6.07, 6.45) is 0.963. The molecule has 5 N–H and O–H groups in total.